The summed E-state index contributed by atoms with van der Waals surface area (Å²) < 4.78 is 0. The van der Waals surface area contributed by atoms with Crippen molar-refractivity contribution in [3.8, 4) is 0 Å². The van der Waals surface area contributed by atoms with Crippen molar-refractivity contribution in [2.24, 2.45) is 0 Å². The summed E-state index contributed by atoms with van der Waals surface area (Å²) in [4.78, 5) is 27.5. The minimum absolute atomic E-state index is 0.0221. The topological polar surface area (TPSA) is 40.6 Å². The van der Waals surface area contributed by atoms with E-state index in [9.17, 15) is 9.59 Å². The molecule has 104 valence electrons. The second kappa shape index (κ2) is 6.43. The van der Waals surface area contributed by atoms with E-state index in [0.717, 1.165) is 6.42 Å². The van der Waals surface area contributed by atoms with Crippen LogP contribution in [0.2, 0.25) is 0 Å². The van der Waals surface area contributed by atoms with Crippen LogP contribution in [-0.4, -0.2) is 53.4 Å². The van der Waals surface area contributed by atoms with Crippen LogP contribution in [0.15, 0.2) is 16.8 Å². The molecule has 1 aromatic heterocycles. The Hall–Kier alpha value is -1.01. The van der Waals surface area contributed by atoms with Gasteiger partial charge in [-0.25, -0.2) is 0 Å². The first-order valence-corrected chi connectivity index (χ1v) is 8.29. The number of carbonyl (C=O) groups is 2. The molecule has 2 heterocycles. The van der Waals surface area contributed by atoms with Gasteiger partial charge in [0.25, 0.3) is 0 Å². The molecule has 0 spiro atoms. The molecule has 0 unspecified atom stereocenters. The van der Waals surface area contributed by atoms with Crippen molar-refractivity contribution in [1.82, 2.24) is 9.80 Å². The maximum Gasteiger partial charge on any atom is 0.245 e. The van der Waals surface area contributed by atoms with Gasteiger partial charge in [0.1, 0.15) is 6.04 Å². The molecule has 4 nitrogen and oxygen atoms in total. The van der Waals surface area contributed by atoms with Gasteiger partial charge in [-0.15, -0.1) is 11.8 Å². The number of hydrogen-bond acceptors (Lipinski definition) is 4. The predicted octanol–water partition coefficient (Wildman–Crippen LogP) is 1.67. The maximum atomic E-state index is 12.2. The second-order valence-corrected chi connectivity index (χ2v) is 6.52. The maximum absolute atomic E-state index is 12.2. The average Bonchev–Trinajstić information content (AvgIpc) is 3.05. The molecule has 1 fully saturated rings. The molecule has 0 radical (unpaired) electrons. The number of likely N-dealkylation sites (N-methyl/N-ethyl adjacent to an activating group) is 1. The SMILES string of the molecule is CN(C)C(=O)[C@@H]1CSCN1C(=O)CCc1ccsc1. The van der Waals surface area contributed by atoms with E-state index < -0.39 is 0 Å². The molecule has 1 aliphatic rings. The van der Waals surface area contributed by atoms with Crippen LogP contribution in [0.1, 0.15) is 12.0 Å². The lowest BCUT2D eigenvalue weighted by Gasteiger charge is -2.25. The predicted molar refractivity (Wildman–Crippen MR) is 79.3 cm³/mol. The molecule has 0 saturated carbocycles. The normalized spacial score (nSPS) is 18.6. The molecule has 0 aromatic carbocycles. The van der Waals surface area contributed by atoms with Gasteiger partial charge in [0.15, 0.2) is 0 Å². The van der Waals surface area contributed by atoms with Crippen molar-refractivity contribution in [2.45, 2.75) is 18.9 Å². The summed E-state index contributed by atoms with van der Waals surface area (Å²) in [6.45, 7) is 0. The molecular formula is C13H18N2O2S2. The summed E-state index contributed by atoms with van der Waals surface area (Å²) in [6, 6.07) is 1.76. The zero-order valence-electron chi connectivity index (χ0n) is 11.2. The quantitative estimate of drug-likeness (QED) is 0.849. The number of aryl methyl sites for hydroxylation is 1. The van der Waals surface area contributed by atoms with Gasteiger partial charge < -0.3 is 9.80 Å². The fourth-order valence-electron chi connectivity index (χ4n) is 2.02. The molecule has 2 amide bonds. The molecule has 0 bridgehead atoms. The van der Waals surface area contributed by atoms with E-state index in [1.807, 2.05) is 11.4 Å². The molecule has 1 aliphatic heterocycles. The van der Waals surface area contributed by atoms with Crippen LogP contribution in [0.4, 0.5) is 0 Å². The third-order valence-corrected chi connectivity index (χ3v) is 4.88. The fraction of sp³-hybridized carbons (Fsp3) is 0.538. The van der Waals surface area contributed by atoms with Crippen LogP contribution in [0.5, 0.6) is 0 Å². The second-order valence-electron chi connectivity index (χ2n) is 4.74. The van der Waals surface area contributed by atoms with Gasteiger partial charge in [0.2, 0.25) is 11.8 Å². The van der Waals surface area contributed by atoms with Crippen LogP contribution in [0.25, 0.3) is 0 Å². The Kier molecular flexibility index (Phi) is 4.87. The zero-order valence-corrected chi connectivity index (χ0v) is 12.8. The summed E-state index contributed by atoms with van der Waals surface area (Å²) in [6.07, 6.45) is 1.24. The first-order valence-electron chi connectivity index (χ1n) is 6.19. The monoisotopic (exact) mass is 298 g/mol. The lowest BCUT2D eigenvalue weighted by molar-refractivity contribution is -0.141. The van der Waals surface area contributed by atoms with Crippen molar-refractivity contribution in [3.63, 3.8) is 0 Å². The summed E-state index contributed by atoms with van der Waals surface area (Å²) in [7, 11) is 3.47. The first-order chi connectivity index (χ1) is 9.09. The van der Waals surface area contributed by atoms with Gasteiger partial charge >= 0.3 is 0 Å². The Morgan fingerprint density at radius 2 is 2.26 bits per heavy atom. The number of thioether (sulfide) groups is 1. The van der Waals surface area contributed by atoms with Crippen LogP contribution in [0, 0.1) is 0 Å². The van der Waals surface area contributed by atoms with Gasteiger partial charge in [0.05, 0.1) is 5.88 Å². The highest BCUT2D eigenvalue weighted by Gasteiger charge is 2.34. The molecule has 0 aliphatic carbocycles. The highest BCUT2D eigenvalue weighted by atomic mass is 32.2. The van der Waals surface area contributed by atoms with Gasteiger partial charge in [-0.3, -0.25) is 9.59 Å². The lowest BCUT2D eigenvalue weighted by Crippen LogP contribution is -2.46. The van der Waals surface area contributed by atoms with E-state index in [2.05, 4.69) is 5.38 Å². The summed E-state index contributed by atoms with van der Waals surface area (Å²) >= 11 is 3.29. The van der Waals surface area contributed by atoms with Crippen molar-refractivity contribution in [3.05, 3.63) is 22.4 Å². The molecule has 2 rings (SSSR count). The van der Waals surface area contributed by atoms with E-state index in [-0.39, 0.29) is 17.9 Å². The standard InChI is InChI=1S/C13H18N2O2S2/c1-14(2)13(17)11-8-19-9-15(11)12(16)4-3-10-5-6-18-7-10/h5-7,11H,3-4,8-9H2,1-2H3/t11-/m0/s1. The van der Waals surface area contributed by atoms with Gasteiger partial charge in [-0.1, -0.05) is 0 Å². The van der Waals surface area contributed by atoms with Gasteiger partial charge in [-0.2, -0.15) is 11.3 Å². The summed E-state index contributed by atoms with van der Waals surface area (Å²) in [5.41, 5.74) is 1.20. The minimum atomic E-state index is -0.282. The van der Waals surface area contributed by atoms with Crippen LogP contribution >= 0.6 is 23.1 Å². The van der Waals surface area contributed by atoms with Crippen LogP contribution < -0.4 is 0 Å². The van der Waals surface area contributed by atoms with Gasteiger partial charge in [-0.05, 0) is 28.8 Å². The minimum Gasteiger partial charge on any atom is -0.347 e. The average molecular weight is 298 g/mol. The molecule has 0 N–H and O–H groups in total. The van der Waals surface area contributed by atoms with Crippen molar-refractivity contribution >= 4 is 34.9 Å². The Balaban J connectivity index is 1.92. The molecule has 1 saturated heterocycles. The Bertz CT molecular complexity index is 446. The van der Waals surface area contributed by atoms with E-state index >= 15 is 0 Å². The molecular weight excluding hydrogens is 280 g/mol. The number of thiophene rings is 1. The Morgan fingerprint density at radius 3 is 2.89 bits per heavy atom. The first kappa shape index (κ1) is 14.4. The van der Waals surface area contributed by atoms with Crippen molar-refractivity contribution < 1.29 is 9.59 Å². The lowest BCUT2D eigenvalue weighted by atomic mass is 10.1. The third-order valence-electron chi connectivity index (χ3n) is 3.14. The number of nitrogens with zero attached hydrogens (tertiary/aromatic N) is 2. The van der Waals surface area contributed by atoms with Crippen LogP contribution in [0.3, 0.4) is 0 Å². The fourth-order valence-corrected chi connectivity index (χ4v) is 3.90. The highest BCUT2D eigenvalue weighted by Crippen LogP contribution is 2.23. The molecule has 19 heavy (non-hydrogen) atoms. The van der Waals surface area contributed by atoms with Gasteiger partial charge in [0, 0.05) is 26.3 Å². The van der Waals surface area contributed by atoms with E-state index in [4.69, 9.17) is 0 Å². The molecule has 6 heteroatoms. The highest BCUT2D eigenvalue weighted by molar-refractivity contribution is 7.99. The third kappa shape index (κ3) is 3.51. The van der Waals surface area contributed by atoms with E-state index in [1.165, 1.54) is 5.56 Å². The smallest absolute Gasteiger partial charge is 0.245 e. The largest absolute Gasteiger partial charge is 0.347 e. The van der Waals surface area contributed by atoms with E-state index in [0.29, 0.717) is 18.1 Å². The van der Waals surface area contributed by atoms with Crippen molar-refractivity contribution in [1.29, 1.82) is 0 Å². The number of hydrogen-bond donors (Lipinski definition) is 0. The number of rotatable bonds is 4. The molecule has 1 aromatic rings. The Labute approximate surface area is 121 Å². The van der Waals surface area contributed by atoms with E-state index in [1.54, 1.807) is 47.0 Å². The van der Waals surface area contributed by atoms with Crippen molar-refractivity contribution in [2.75, 3.05) is 25.7 Å². The zero-order chi connectivity index (χ0) is 13.8. The summed E-state index contributed by atoms with van der Waals surface area (Å²) in [5.74, 6) is 1.44. The summed E-state index contributed by atoms with van der Waals surface area (Å²) in [5, 5.41) is 4.08. The number of amides is 2. The Morgan fingerprint density at radius 1 is 1.47 bits per heavy atom. The van der Waals surface area contributed by atoms with Crippen LogP contribution in [-0.2, 0) is 16.0 Å². The molecule has 1 atom stereocenters. The number of carbonyl (C=O) groups excluding carboxylic acids is 2.